The lowest BCUT2D eigenvalue weighted by atomic mass is 9.99. The molecule has 0 aliphatic carbocycles. The molecule has 1 amide bonds. The minimum atomic E-state index is -2.99. The summed E-state index contributed by atoms with van der Waals surface area (Å²) in [6, 6.07) is 15.0. The maximum atomic E-state index is 12.4. The highest BCUT2D eigenvalue weighted by Gasteiger charge is 2.14. The van der Waals surface area contributed by atoms with Crippen molar-refractivity contribution in [1.82, 2.24) is 0 Å². The van der Waals surface area contributed by atoms with Crippen LogP contribution in [0.5, 0.6) is 11.5 Å². The molecule has 0 fully saturated rings. The molecule has 1 heterocycles. The molecule has 0 bridgehead atoms. The fraction of sp³-hybridized carbons (Fsp3) is 0.261. The predicted octanol–water partition coefficient (Wildman–Crippen LogP) is 6.88. The molecule has 1 N–H and O–H groups in total. The fourth-order valence-corrected chi connectivity index (χ4v) is 3.05. The molecule has 5 nitrogen and oxygen atoms in total. The highest BCUT2D eigenvalue weighted by molar-refractivity contribution is 6.32. The lowest BCUT2D eigenvalue weighted by molar-refractivity contribution is -0.0497. The quantitative estimate of drug-likeness (QED) is 0.387. The molecule has 8 heteroatoms. The highest BCUT2D eigenvalue weighted by Crippen LogP contribution is 2.29. The first kappa shape index (κ1) is 22.6. The Morgan fingerprint density at radius 3 is 2.52 bits per heavy atom. The molecular weight excluding hydrogens is 428 g/mol. The normalized spacial score (nSPS) is 11.9. The Balaban J connectivity index is 1.56. The minimum Gasteiger partial charge on any atom is -0.486 e. The molecule has 0 aliphatic heterocycles. The maximum Gasteiger partial charge on any atom is 0.387 e. The van der Waals surface area contributed by atoms with E-state index in [4.69, 9.17) is 20.8 Å². The van der Waals surface area contributed by atoms with Gasteiger partial charge in [0.15, 0.2) is 5.76 Å². The summed E-state index contributed by atoms with van der Waals surface area (Å²) in [6.07, 6.45) is 1.07. The van der Waals surface area contributed by atoms with Crippen LogP contribution in [0.2, 0.25) is 5.02 Å². The van der Waals surface area contributed by atoms with Crippen molar-refractivity contribution in [3.05, 3.63) is 76.7 Å². The summed E-state index contributed by atoms with van der Waals surface area (Å²) in [7, 11) is 0. The Hall–Kier alpha value is -3.06. The van der Waals surface area contributed by atoms with Crippen LogP contribution in [0.1, 0.15) is 48.1 Å². The van der Waals surface area contributed by atoms with Gasteiger partial charge in [0.1, 0.15) is 23.9 Å². The molecule has 164 valence electrons. The lowest BCUT2D eigenvalue weighted by Crippen LogP contribution is -2.11. The number of rotatable bonds is 9. The molecule has 1 unspecified atom stereocenters. The number of carbonyl (C=O) groups is 1. The zero-order chi connectivity index (χ0) is 22.4. The second-order valence-electron chi connectivity index (χ2n) is 6.91. The number of nitrogens with one attached hydrogen (secondary N) is 1. The summed E-state index contributed by atoms with van der Waals surface area (Å²) >= 11 is 5.89. The summed E-state index contributed by atoms with van der Waals surface area (Å²) in [5.74, 6) is 1.06. The van der Waals surface area contributed by atoms with E-state index in [-0.39, 0.29) is 23.1 Å². The fourth-order valence-electron chi connectivity index (χ4n) is 2.82. The number of hydrogen-bond donors (Lipinski definition) is 1. The second kappa shape index (κ2) is 10.3. The van der Waals surface area contributed by atoms with E-state index in [9.17, 15) is 13.6 Å². The first-order chi connectivity index (χ1) is 14.9. The number of amides is 1. The van der Waals surface area contributed by atoms with Gasteiger partial charge >= 0.3 is 6.61 Å². The zero-order valence-corrected chi connectivity index (χ0v) is 17.8. The number of ether oxygens (including phenoxy) is 2. The average Bonchev–Trinajstić information content (AvgIpc) is 3.23. The summed E-state index contributed by atoms with van der Waals surface area (Å²) in [5.41, 5.74) is 1.56. The minimum absolute atomic E-state index is 0.0500. The smallest absolute Gasteiger partial charge is 0.387 e. The largest absolute Gasteiger partial charge is 0.486 e. The van der Waals surface area contributed by atoms with Crippen LogP contribution < -0.4 is 14.8 Å². The van der Waals surface area contributed by atoms with Gasteiger partial charge in [0.2, 0.25) is 0 Å². The highest BCUT2D eigenvalue weighted by atomic mass is 35.5. The third kappa shape index (κ3) is 6.21. The average molecular weight is 450 g/mol. The lowest BCUT2D eigenvalue weighted by Gasteiger charge is -2.10. The van der Waals surface area contributed by atoms with E-state index in [0.717, 1.165) is 6.42 Å². The molecule has 0 spiro atoms. The van der Waals surface area contributed by atoms with Crippen LogP contribution >= 0.6 is 11.6 Å². The van der Waals surface area contributed by atoms with Crippen molar-refractivity contribution >= 4 is 23.2 Å². The van der Waals surface area contributed by atoms with Gasteiger partial charge in [-0.3, -0.25) is 4.79 Å². The summed E-state index contributed by atoms with van der Waals surface area (Å²) in [5, 5.41) is 2.54. The Labute approximate surface area is 183 Å². The molecule has 2 aromatic carbocycles. The van der Waals surface area contributed by atoms with Gasteiger partial charge in [-0.05, 0) is 60.4 Å². The van der Waals surface area contributed by atoms with Crippen molar-refractivity contribution in [2.45, 2.75) is 39.4 Å². The van der Waals surface area contributed by atoms with E-state index in [1.165, 1.54) is 29.8 Å². The van der Waals surface area contributed by atoms with Gasteiger partial charge in [0.05, 0.1) is 5.02 Å². The Kier molecular flexibility index (Phi) is 7.52. The van der Waals surface area contributed by atoms with Crippen molar-refractivity contribution in [2.75, 3.05) is 5.32 Å². The number of carbonyl (C=O) groups excluding carboxylic acids is 1. The van der Waals surface area contributed by atoms with Crippen molar-refractivity contribution < 1.29 is 27.5 Å². The van der Waals surface area contributed by atoms with Crippen LogP contribution in [0.4, 0.5) is 14.5 Å². The van der Waals surface area contributed by atoms with Gasteiger partial charge in [-0.1, -0.05) is 37.6 Å². The zero-order valence-electron chi connectivity index (χ0n) is 17.0. The van der Waals surface area contributed by atoms with E-state index in [1.54, 1.807) is 6.07 Å². The molecule has 1 aromatic heterocycles. The van der Waals surface area contributed by atoms with Crippen molar-refractivity contribution in [3.63, 3.8) is 0 Å². The molecular formula is C23H22ClF2NO4. The van der Waals surface area contributed by atoms with Crippen molar-refractivity contribution in [3.8, 4) is 11.5 Å². The van der Waals surface area contributed by atoms with Crippen LogP contribution in [-0.4, -0.2) is 12.5 Å². The maximum absolute atomic E-state index is 12.4. The van der Waals surface area contributed by atoms with Gasteiger partial charge in [0, 0.05) is 5.69 Å². The summed E-state index contributed by atoms with van der Waals surface area (Å²) < 4.78 is 40.1. The Morgan fingerprint density at radius 1 is 1.13 bits per heavy atom. The second-order valence-corrected chi connectivity index (χ2v) is 7.32. The molecule has 0 saturated carbocycles. The van der Waals surface area contributed by atoms with E-state index < -0.39 is 12.5 Å². The third-order valence-corrected chi connectivity index (χ3v) is 5.03. The monoisotopic (exact) mass is 449 g/mol. The first-order valence-electron chi connectivity index (χ1n) is 9.73. The first-order valence-corrected chi connectivity index (χ1v) is 10.1. The summed E-state index contributed by atoms with van der Waals surface area (Å²) in [6.45, 7) is 1.50. The number of halogens is 3. The van der Waals surface area contributed by atoms with Gasteiger partial charge in [-0.25, -0.2) is 0 Å². The van der Waals surface area contributed by atoms with Crippen LogP contribution in [0.15, 0.2) is 59.0 Å². The number of alkyl halides is 2. The van der Waals surface area contributed by atoms with Gasteiger partial charge in [0.25, 0.3) is 5.91 Å². The Morgan fingerprint density at radius 2 is 1.87 bits per heavy atom. The number of furan rings is 1. The third-order valence-electron chi connectivity index (χ3n) is 4.73. The van der Waals surface area contributed by atoms with Crippen LogP contribution in [0, 0.1) is 0 Å². The van der Waals surface area contributed by atoms with E-state index in [0.29, 0.717) is 23.1 Å². The standard InChI is InChI=1S/C23H22ClF2NO4/c1-3-14(2)15-4-7-17(8-5-15)29-13-18-9-11-21(30-18)22(28)27-16-6-10-20(19(24)12-16)31-23(25)26/h4-12,14,23H,3,13H2,1-2H3,(H,27,28). The van der Waals surface area contributed by atoms with E-state index in [2.05, 4.69) is 23.9 Å². The molecule has 0 aliphatic rings. The number of anilines is 1. The predicted molar refractivity (Wildman–Crippen MR) is 114 cm³/mol. The molecule has 0 saturated heterocycles. The molecule has 3 aromatic rings. The van der Waals surface area contributed by atoms with Gasteiger partial charge in [-0.15, -0.1) is 0 Å². The van der Waals surface area contributed by atoms with Crippen LogP contribution in [0.3, 0.4) is 0 Å². The van der Waals surface area contributed by atoms with E-state index in [1.807, 2.05) is 24.3 Å². The Bertz CT molecular complexity index is 1020. The number of hydrogen-bond acceptors (Lipinski definition) is 4. The van der Waals surface area contributed by atoms with Crippen molar-refractivity contribution in [1.29, 1.82) is 0 Å². The SMILES string of the molecule is CCC(C)c1ccc(OCc2ccc(C(=O)Nc3ccc(OC(F)F)c(Cl)c3)o2)cc1. The molecule has 1 atom stereocenters. The van der Waals surface area contributed by atoms with Gasteiger partial charge in [-0.2, -0.15) is 8.78 Å². The topological polar surface area (TPSA) is 60.7 Å². The van der Waals surface area contributed by atoms with Crippen LogP contribution in [-0.2, 0) is 6.61 Å². The summed E-state index contributed by atoms with van der Waals surface area (Å²) in [4.78, 5) is 12.4. The number of benzene rings is 2. The van der Waals surface area contributed by atoms with E-state index >= 15 is 0 Å². The molecule has 31 heavy (non-hydrogen) atoms. The van der Waals surface area contributed by atoms with Gasteiger partial charge < -0.3 is 19.2 Å². The molecule has 0 radical (unpaired) electrons. The molecule has 3 rings (SSSR count). The van der Waals surface area contributed by atoms with Crippen LogP contribution in [0.25, 0.3) is 0 Å². The van der Waals surface area contributed by atoms with Crippen molar-refractivity contribution in [2.24, 2.45) is 0 Å².